The molecule has 0 saturated carbocycles. The molecule has 3 amide bonds. The molecule has 188 valence electrons. The number of likely N-dealkylation sites (N-methyl/N-ethyl adjacent to an activating group) is 1. The van der Waals surface area contributed by atoms with Gasteiger partial charge in [-0.3, -0.25) is 14.4 Å². The van der Waals surface area contributed by atoms with Gasteiger partial charge in [-0.1, -0.05) is 42.5 Å². The molecule has 1 fully saturated rings. The molecule has 0 radical (unpaired) electrons. The van der Waals surface area contributed by atoms with Crippen LogP contribution < -0.4 is 10.6 Å². The Morgan fingerprint density at radius 2 is 1.59 bits per heavy atom. The van der Waals surface area contributed by atoms with Crippen LogP contribution in [0.25, 0.3) is 11.6 Å². The summed E-state index contributed by atoms with van der Waals surface area (Å²) in [5, 5.41) is 5.90. The largest absolute Gasteiger partial charge is 0.346 e. The highest BCUT2D eigenvalue weighted by Crippen LogP contribution is 2.34. The number of carbonyl (C=O) groups excluding carboxylic acids is 3. The number of nitrogens with zero attached hydrogens (tertiary/aromatic N) is 2. The van der Waals surface area contributed by atoms with Gasteiger partial charge in [-0.2, -0.15) is 0 Å². The van der Waals surface area contributed by atoms with Gasteiger partial charge in [0.25, 0.3) is 17.7 Å². The SMILES string of the molecule is C[C@H](NC(=O)c1ccc2c(c1)C(=Cc1ccc(C(=O)N3CCN(C)CC3)cc1)C(=O)N2)c1ccccc1. The molecule has 5 rings (SSSR count). The van der Waals surface area contributed by atoms with Crippen molar-refractivity contribution in [3.05, 3.63) is 101 Å². The smallest absolute Gasteiger partial charge is 0.256 e. The Morgan fingerprint density at radius 1 is 0.919 bits per heavy atom. The average molecular weight is 495 g/mol. The molecule has 37 heavy (non-hydrogen) atoms. The molecule has 1 saturated heterocycles. The summed E-state index contributed by atoms with van der Waals surface area (Å²) in [5.41, 5.74) is 4.78. The number of benzene rings is 3. The monoisotopic (exact) mass is 494 g/mol. The van der Waals surface area contributed by atoms with Gasteiger partial charge in [-0.15, -0.1) is 0 Å². The number of amides is 3. The van der Waals surface area contributed by atoms with Gasteiger partial charge in [0.05, 0.1) is 6.04 Å². The first-order valence-corrected chi connectivity index (χ1v) is 12.5. The number of nitrogens with one attached hydrogen (secondary N) is 2. The predicted octanol–water partition coefficient (Wildman–Crippen LogP) is 4.06. The highest BCUT2D eigenvalue weighted by molar-refractivity contribution is 6.35. The Kier molecular flexibility index (Phi) is 6.88. The van der Waals surface area contributed by atoms with E-state index < -0.39 is 0 Å². The molecular weight excluding hydrogens is 464 g/mol. The third-order valence-corrected chi connectivity index (χ3v) is 6.97. The summed E-state index contributed by atoms with van der Waals surface area (Å²) in [5.74, 6) is -0.399. The fourth-order valence-corrected chi connectivity index (χ4v) is 4.66. The van der Waals surface area contributed by atoms with Crippen LogP contribution in [0.5, 0.6) is 0 Å². The van der Waals surface area contributed by atoms with Crippen LogP contribution in [0.15, 0.2) is 72.8 Å². The zero-order valence-electron chi connectivity index (χ0n) is 21.0. The second kappa shape index (κ2) is 10.4. The van der Waals surface area contributed by atoms with Crippen molar-refractivity contribution in [2.75, 3.05) is 38.5 Å². The number of anilines is 1. The number of hydrogen-bond acceptors (Lipinski definition) is 4. The van der Waals surface area contributed by atoms with Crippen LogP contribution in [0.4, 0.5) is 5.69 Å². The summed E-state index contributed by atoms with van der Waals surface area (Å²) < 4.78 is 0. The van der Waals surface area contributed by atoms with Crippen LogP contribution in [-0.4, -0.2) is 60.7 Å². The van der Waals surface area contributed by atoms with Gasteiger partial charge >= 0.3 is 0 Å². The lowest BCUT2D eigenvalue weighted by molar-refractivity contribution is -0.110. The van der Waals surface area contributed by atoms with Gasteiger partial charge in [-0.05, 0) is 61.5 Å². The summed E-state index contributed by atoms with van der Waals surface area (Å²) >= 11 is 0. The van der Waals surface area contributed by atoms with E-state index in [2.05, 4.69) is 22.6 Å². The highest BCUT2D eigenvalue weighted by atomic mass is 16.2. The second-order valence-corrected chi connectivity index (χ2v) is 9.60. The fourth-order valence-electron chi connectivity index (χ4n) is 4.66. The van der Waals surface area contributed by atoms with Crippen LogP contribution >= 0.6 is 0 Å². The molecule has 2 N–H and O–H groups in total. The molecule has 2 aliphatic heterocycles. The summed E-state index contributed by atoms with van der Waals surface area (Å²) in [7, 11) is 2.06. The molecule has 0 spiro atoms. The van der Waals surface area contributed by atoms with Crippen molar-refractivity contribution in [2.45, 2.75) is 13.0 Å². The Bertz CT molecular complexity index is 1360. The maximum atomic E-state index is 13.0. The van der Waals surface area contributed by atoms with Crippen LogP contribution in [-0.2, 0) is 4.79 Å². The number of rotatable bonds is 5. The number of hydrogen-bond donors (Lipinski definition) is 2. The van der Waals surface area contributed by atoms with Crippen molar-refractivity contribution in [1.82, 2.24) is 15.1 Å². The standard InChI is InChI=1S/C30H30N4O3/c1-20(22-6-4-3-5-7-22)31-28(35)24-12-13-27-25(19-24)26(29(36)32-27)18-21-8-10-23(11-9-21)30(37)34-16-14-33(2)15-17-34/h3-13,18-20H,14-17H2,1-2H3,(H,31,35)(H,32,36)/t20-/m0/s1. The minimum Gasteiger partial charge on any atom is -0.346 e. The van der Waals surface area contributed by atoms with Gasteiger partial charge < -0.3 is 20.4 Å². The van der Waals surface area contributed by atoms with E-state index in [1.807, 2.05) is 54.3 Å². The van der Waals surface area contributed by atoms with Gasteiger partial charge in [-0.25, -0.2) is 0 Å². The number of carbonyl (C=O) groups is 3. The van der Waals surface area contributed by atoms with Crippen molar-refractivity contribution in [3.8, 4) is 0 Å². The molecule has 2 aliphatic rings. The van der Waals surface area contributed by atoms with Gasteiger partial charge in [0.2, 0.25) is 0 Å². The van der Waals surface area contributed by atoms with E-state index in [9.17, 15) is 14.4 Å². The van der Waals surface area contributed by atoms with E-state index in [0.717, 1.165) is 37.3 Å². The van der Waals surface area contributed by atoms with E-state index in [1.54, 1.807) is 36.4 Å². The molecule has 0 unspecified atom stereocenters. The first-order valence-electron chi connectivity index (χ1n) is 12.5. The van der Waals surface area contributed by atoms with E-state index in [0.29, 0.717) is 28.0 Å². The minimum absolute atomic E-state index is 0.0247. The van der Waals surface area contributed by atoms with Crippen molar-refractivity contribution >= 4 is 35.1 Å². The predicted molar refractivity (Wildman–Crippen MR) is 145 cm³/mol. The summed E-state index contributed by atoms with van der Waals surface area (Å²) in [6.45, 7) is 5.12. The van der Waals surface area contributed by atoms with Crippen LogP contribution in [0.1, 0.15) is 50.4 Å². The third-order valence-electron chi connectivity index (χ3n) is 6.97. The molecule has 3 aromatic rings. The summed E-state index contributed by atoms with van der Waals surface area (Å²) in [4.78, 5) is 42.6. The van der Waals surface area contributed by atoms with E-state index >= 15 is 0 Å². The van der Waals surface area contributed by atoms with Gasteiger partial charge in [0.15, 0.2) is 0 Å². The maximum absolute atomic E-state index is 13.0. The lowest BCUT2D eigenvalue weighted by Crippen LogP contribution is -2.47. The minimum atomic E-state index is -0.220. The highest BCUT2D eigenvalue weighted by Gasteiger charge is 2.26. The van der Waals surface area contributed by atoms with E-state index in [4.69, 9.17) is 0 Å². The van der Waals surface area contributed by atoms with E-state index in [1.165, 1.54) is 0 Å². The van der Waals surface area contributed by atoms with Crippen molar-refractivity contribution in [2.24, 2.45) is 0 Å². The Morgan fingerprint density at radius 3 is 2.30 bits per heavy atom. The van der Waals surface area contributed by atoms with Gasteiger partial charge in [0, 0.05) is 54.1 Å². The Hall–Kier alpha value is -4.23. The first-order chi connectivity index (χ1) is 17.9. The molecule has 0 aromatic heterocycles. The summed E-state index contributed by atoms with van der Waals surface area (Å²) in [6, 6.07) is 22.1. The molecule has 3 aromatic carbocycles. The van der Waals surface area contributed by atoms with Crippen LogP contribution in [0, 0.1) is 0 Å². The normalized spacial score (nSPS) is 17.3. The Balaban J connectivity index is 1.33. The lowest BCUT2D eigenvalue weighted by Gasteiger charge is -2.32. The van der Waals surface area contributed by atoms with Crippen LogP contribution in [0.2, 0.25) is 0 Å². The first kappa shape index (κ1) is 24.5. The topological polar surface area (TPSA) is 81.8 Å². The molecule has 2 heterocycles. The fraction of sp³-hybridized carbons (Fsp3) is 0.233. The molecule has 0 bridgehead atoms. The van der Waals surface area contributed by atoms with Crippen molar-refractivity contribution < 1.29 is 14.4 Å². The molecular formula is C30H30N4O3. The maximum Gasteiger partial charge on any atom is 0.256 e. The van der Waals surface area contributed by atoms with Crippen LogP contribution in [0.3, 0.4) is 0 Å². The molecule has 7 nitrogen and oxygen atoms in total. The number of piperazine rings is 1. The summed E-state index contributed by atoms with van der Waals surface area (Å²) in [6.07, 6.45) is 1.79. The third kappa shape index (κ3) is 5.32. The van der Waals surface area contributed by atoms with E-state index in [-0.39, 0.29) is 23.8 Å². The Labute approximate surface area is 216 Å². The zero-order valence-corrected chi connectivity index (χ0v) is 21.0. The zero-order chi connectivity index (χ0) is 25.9. The van der Waals surface area contributed by atoms with Crippen molar-refractivity contribution in [3.63, 3.8) is 0 Å². The number of fused-ring (bicyclic) bond motifs is 1. The lowest BCUT2D eigenvalue weighted by atomic mass is 10.0. The molecule has 0 aliphatic carbocycles. The molecule has 1 atom stereocenters. The second-order valence-electron chi connectivity index (χ2n) is 9.60. The van der Waals surface area contributed by atoms with Crippen molar-refractivity contribution in [1.29, 1.82) is 0 Å². The van der Waals surface area contributed by atoms with Gasteiger partial charge in [0.1, 0.15) is 0 Å². The quantitative estimate of drug-likeness (QED) is 0.524. The molecule has 7 heteroatoms. The average Bonchev–Trinajstić information content (AvgIpc) is 3.23.